The number of hydrogen-bond acceptors (Lipinski definition) is 5. The number of allylic oxidation sites excluding steroid dienone is 5. The molecule has 1 atom stereocenters. The molecule has 0 saturated heterocycles. The smallest absolute Gasteiger partial charge is 0.308 e. The number of rotatable bonds is 3. The van der Waals surface area contributed by atoms with Crippen LogP contribution in [-0.2, 0) is 10.8 Å². The first kappa shape index (κ1) is 14.5. The molecular weight excluding hydrogens is 303 g/mol. The molecule has 6 nitrogen and oxygen atoms in total. The summed E-state index contributed by atoms with van der Waals surface area (Å²) in [5, 5.41) is 12.6. The van der Waals surface area contributed by atoms with Crippen LogP contribution >= 0.6 is 11.3 Å². The Morgan fingerprint density at radius 2 is 2.20 bits per heavy atom. The van der Waals surface area contributed by atoms with E-state index in [-0.39, 0.29) is 17.4 Å². The summed E-state index contributed by atoms with van der Waals surface area (Å²) in [5.41, 5.74) is 0.457. The van der Waals surface area contributed by atoms with E-state index in [1.54, 1.807) is 12.2 Å². The molecule has 1 unspecified atom stereocenters. The molecule has 0 saturated carbocycles. The van der Waals surface area contributed by atoms with Gasteiger partial charge in [0.1, 0.15) is 5.83 Å². The third-order valence-corrected chi connectivity index (χ3v) is 4.35. The number of carbonyl (C=O) groups is 1. The largest absolute Gasteiger partial charge is 0.325 e. The van der Waals surface area contributed by atoms with Crippen LogP contribution < -0.4 is 10.6 Å². The molecule has 1 aromatic rings. The van der Waals surface area contributed by atoms with E-state index in [1.807, 2.05) is 0 Å². The van der Waals surface area contributed by atoms with Gasteiger partial charge in [-0.3, -0.25) is 9.53 Å². The van der Waals surface area contributed by atoms with Gasteiger partial charge in [-0.15, -0.1) is 10.2 Å². The molecular formula is C11H11FN4O2S2. The van der Waals surface area contributed by atoms with Crippen molar-refractivity contribution in [1.29, 1.82) is 0 Å². The fraction of sp³-hybridized carbons (Fsp3) is 0.182. The standard InChI is InChI=1S/C11H11FN4O2S2/c1-20(18)11-16-15-10(19-11)14-9(17)13-8-4-2-3-7(12)5-6-8/h2,4-6H,3H2,1H3,(H2,13,14,15,17). The summed E-state index contributed by atoms with van der Waals surface area (Å²) in [6.07, 6.45) is 7.64. The molecule has 1 heterocycles. The molecule has 0 spiro atoms. The van der Waals surface area contributed by atoms with E-state index in [1.165, 1.54) is 18.4 Å². The van der Waals surface area contributed by atoms with Crippen molar-refractivity contribution in [2.75, 3.05) is 11.6 Å². The van der Waals surface area contributed by atoms with Crippen LogP contribution in [0.3, 0.4) is 0 Å². The molecule has 1 aliphatic rings. The van der Waals surface area contributed by atoms with Crippen molar-refractivity contribution >= 4 is 33.3 Å². The molecule has 0 bridgehead atoms. The first-order valence-corrected chi connectivity index (χ1v) is 7.90. The summed E-state index contributed by atoms with van der Waals surface area (Å²) in [6, 6.07) is -0.527. The van der Waals surface area contributed by atoms with Crippen LogP contribution in [0.2, 0.25) is 0 Å². The van der Waals surface area contributed by atoms with E-state index < -0.39 is 16.8 Å². The highest BCUT2D eigenvalue weighted by atomic mass is 32.2. The Balaban J connectivity index is 1.97. The number of nitrogens with one attached hydrogen (secondary N) is 2. The number of halogens is 1. The first-order chi connectivity index (χ1) is 9.54. The van der Waals surface area contributed by atoms with E-state index in [0.717, 1.165) is 11.3 Å². The fourth-order valence-corrected chi connectivity index (χ4v) is 2.66. The Bertz CT molecular complexity index is 636. The lowest BCUT2D eigenvalue weighted by molar-refractivity contribution is 0.254. The average molecular weight is 314 g/mol. The number of anilines is 1. The van der Waals surface area contributed by atoms with Crippen LogP contribution in [0.4, 0.5) is 14.3 Å². The number of aromatic nitrogens is 2. The minimum atomic E-state index is -1.23. The summed E-state index contributed by atoms with van der Waals surface area (Å²) in [7, 11) is -1.23. The number of hydrogen-bond donors (Lipinski definition) is 2. The van der Waals surface area contributed by atoms with Crippen molar-refractivity contribution in [2.24, 2.45) is 0 Å². The average Bonchev–Trinajstić information content (AvgIpc) is 2.75. The molecule has 1 aliphatic carbocycles. The lowest BCUT2D eigenvalue weighted by Gasteiger charge is -2.04. The van der Waals surface area contributed by atoms with Gasteiger partial charge in [-0.2, -0.15) is 0 Å². The van der Waals surface area contributed by atoms with Gasteiger partial charge in [0.05, 0.1) is 10.8 Å². The summed E-state index contributed by atoms with van der Waals surface area (Å²) in [4.78, 5) is 11.7. The predicted molar refractivity (Wildman–Crippen MR) is 75.4 cm³/mol. The zero-order valence-electron chi connectivity index (χ0n) is 10.4. The van der Waals surface area contributed by atoms with Crippen molar-refractivity contribution < 1.29 is 13.4 Å². The molecule has 9 heteroatoms. The topological polar surface area (TPSA) is 84.0 Å². The summed E-state index contributed by atoms with van der Waals surface area (Å²) >= 11 is 1.03. The Morgan fingerprint density at radius 3 is 2.90 bits per heavy atom. The Labute approximate surface area is 120 Å². The van der Waals surface area contributed by atoms with Crippen molar-refractivity contribution in [3.63, 3.8) is 0 Å². The SMILES string of the molecule is CS(=O)c1nnc(NC(=O)NC2=CC=C(F)CC=C2)s1. The molecule has 0 aliphatic heterocycles. The number of amides is 2. The van der Waals surface area contributed by atoms with Crippen LogP contribution in [0, 0.1) is 0 Å². The van der Waals surface area contributed by atoms with Crippen molar-refractivity contribution in [3.8, 4) is 0 Å². The highest BCUT2D eigenvalue weighted by molar-refractivity contribution is 7.86. The minimum absolute atomic E-state index is 0.200. The van der Waals surface area contributed by atoms with E-state index in [2.05, 4.69) is 20.8 Å². The van der Waals surface area contributed by atoms with Gasteiger partial charge in [0, 0.05) is 18.4 Å². The molecule has 0 fully saturated rings. The van der Waals surface area contributed by atoms with E-state index in [4.69, 9.17) is 0 Å². The second-order valence-electron chi connectivity index (χ2n) is 3.75. The third-order valence-electron chi connectivity index (χ3n) is 2.18. The summed E-state index contributed by atoms with van der Waals surface area (Å²) in [6.45, 7) is 0. The molecule has 2 N–H and O–H groups in total. The molecule has 106 valence electrons. The van der Waals surface area contributed by atoms with Gasteiger partial charge in [-0.05, 0) is 18.2 Å². The molecule has 0 radical (unpaired) electrons. The zero-order valence-corrected chi connectivity index (χ0v) is 12.1. The van der Waals surface area contributed by atoms with E-state index >= 15 is 0 Å². The van der Waals surface area contributed by atoms with Crippen LogP contribution in [0.5, 0.6) is 0 Å². The molecule has 1 aromatic heterocycles. The Morgan fingerprint density at radius 1 is 1.40 bits per heavy atom. The van der Waals surface area contributed by atoms with Gasteiger partial charge in [0.25, 0.3) is 0 Å². The number of carbonyl (C=O) groups excluding carboxylic acids is 1. The zero-order chi connectivity index (χ0) is 14.5. The fourth-order valence-electron chi connectivity index (χ4n) is 1.32. The maximum atomic E-state index is 13.0. The second-order valence-corrected chi connectivity index (χ2v) is 6.28. The van der Waals surface area contributed by atoms with Gasteiger partial charge in [0.2, 0.25) is 9.47 Å². The highest BCUT2D eigenvalue weighted by Crippen LogP contribution is 2.17. The van der Waals surface area contributed by atoms with Gasteiger partial charge >= 0.3 is 6.03 Å². The monoisotopic (exact) mass is 314 g/mol. The molecule has 20 heavy (non-hydrogen) atoms. The maximum absolute atomic E-state index is 13.0. The minimum Gasteiger partial charge on any atom is -0.308 e. The summed E-state index contributed by atoms with van der Waals surface area (Å²) in [5.74, 6) is -0.280. The van der Waals surface area contributed by atoms with E-state index in [9.17, 15) is 13.4 Å². The Kier molecular flexibility index (Phi) is 4.74. The van der Waals surface area contributed by atoms with Gasteiger partial charge in [-0.1, -0.05) is 17.4 Å². The second kappa shape index (κ2) is 6.53. The number of nitrogens with zero attached hydrogens (tertiary/aromatic N) is 2. The van der Waals surface area contributed by atoms with Crippen molar-refractivity contribution in [3.05, 3.63) is 35.8 Å². The lowest BCUT2D eigenvalue weighted by Crippen LogP contribution is -2.27. The third kappa shape index (κ3) is 4.07. The maximum Gasteiger partial charge on any atom is 0.325 e. The van der Waals surface area contributed by atoms with Crippen molar-refractivity contribution in [2.45, 2.75) is 10.8 Å². The van der Waals surface area contributed by atoms with Crippen LogP contribution in [0.1, 0.15) is 6.42 Å². The predicted octanol–water partition coefficient (Wildman–Crippen LogP) is 2.09. The lowest BCUT2D eigenvalue weighted by atomic mass is 10.3. The van der Waals surface area contributed by atoms with Crippen LogP contribution in [0.25, 0.3) is 0 Å². The summed E-state index contributed by atoms with van der Waals surface area (Å²) < 4.78 is 24.5. The molecule has 2 amide bonds. The quantitative estimate of drug-likeness (QED) is 0.837. The van der Waals surface area contributed by atoms with Crippen LogP contribution in [-0.4, -0.2) is 26.7 Å². The van der Waals surface area contributed by atoms with Gasteiger partial charge in [-0.25, -0.2) is 9.18 Å². The Hall–Kier alpha value is -1.87. The first-order valence-electron chi connectivity index (χ1n) is 5.52. The highest BCUT2D eigenvalue weighted by Gasteiger charge is 2.10. The molecule has 0 aromatic carbocycles. The van der Waals surface area contributed by atoms with Gasteiger partial charge < -0.3 is 5.32 Å². The van der Waals surface area contributed by atoms with Gasteiger partial charge in [0.15, 0.2) is 0 Å². The number of urea groups is 1. The molecule has 2 rings (SSSR count). The van der Waals surface area contributed by atoms with Crippen LogP contribution in [0.15, 0.2) is 40.2 Å². The van der Waals surface area contributed by atoms with E-state index in [0.29, 0.717) is 10.0 Å². The van der Waals surface area contributed by atoms with Crippen molar-refractivity contribution in [1.82, 2.24) is 15.5 Å². The normalized spacial score (nSPS) is 15.9.